The van der Waals surface area contributed by atoms with Crippen LogP contribution in [0.3, 0.4) is 0 Å². The van der Waals surface area contributed by atoms with Crippen molar-refractivity contribution >= 4 is 23.9 Å². The van der Waals surface area contributed by atoms with Crippen molar-refractivity contribution in [2.75, 3.05) is 25.6 Å². The van der Waals surface area contributed by atoms with Crippen molar-refractivity contribution in [2.45, 2.75) is 5.56 Å². The van der Waals surface area contributed by atoms with Crippen LogP contribution < -0.4 is 5.32 Å². The number of carbonyl (C=O) groups excluding carboxylic acids is 1. The van der Waals surface area contributed by atoms with Gasteiger partial charge in [-0.15, -0.1) is 0 Å². The number of alkyl halides is 1. The van der Waals surface area contributed by atoms with Crippen molar-refractivity contribution in [3.8, 4) is 0 Å². The van der Waals surface area contributed by atoms with Gasteiger partial charge in [-0.25, -0.2) is 4.98 Å². The van der Waals surface area contributed by atoms with Crippen LogP contribution in [0.4, 0.5) is 5.82 Å². The lowest BCUT2D eigenvalue weighted by Crippen LogP contribution is -2.09. The molecule has 7 heteroatoms. The van der Waals surface area contributed by atoms with Gasteiger partial charge in [0.25, 0.3) is 6.47 Å². The van der Waals surface area contributed by atoms with Crippen LogP contribution in [0.2, 0.25) is 0 Å². The third-order valence-corrected chi connectivity index (χ3v) is 2.02. The molecule has 1 rings (SSSR count). The predicted octanol–water partition coefficient (Wildman–Crippen LogP) is 0.945. The molecule has 0 saturated carbocycles. The molecule has 0 saturated heterocycles. The molecule has 0 spiro atoms. The van der Waals surface area contributed by atoms with Crippen LogP contribution in [0, 0.1) is 0 Å². The van der Waals surface area contributed by atoms with Gasteiger partial charge < -0.3 is 14.8 Å². The number of halogens is 1. The highest BCUT2D eigenvalue weighted by atomic mass is 35.5. The Morgan fingerprint density at radius 2 is 2.38 bits per heavy atom. The van der Waals surface area contributed by atoms with Crippen LogP contribution in [0.25, 0.3) is 0 Å². The van der Waals surface area contributed by atoms with E-state index in [1.165, 1.54) is 12.4 Å². The van der Waals surface area contributed by atoms with Gasteiger partial charge in [0.05, 0.1) is 19.0 Å². The number of carbonyl (C=O) groups is 1. The summed E-state index contributed by atoms with van der Waals surface area (Å²) < 4.78 is 9.38. The zero-order valence-electron chi connectivity index (χ0n) is 8.72. The maximum Gasteiger partial charge on any atom is 0.294 e. The maximum absolute atomic E-state index is 10.0. The van der Waals surface area contributed by atoms with Crippen LogP contribution in [0.5, 0.6) is 0 Å². The van der Waals surface area contributed by atoms with Gasteiger partial charge in [-0.3, -0.25) is 9.78 Å². The first kappa shape index (κ1) is 12.7. The monoisotopic (exact) mass is 245 g/mol. The predicted molar refractivity (Wildman–Crippen MR) is 58.1 cm³/mol. The maximum atomic E-state index is 10.0. The Morgan fingerprint density at radius 3 is 2.94 bits per heavy atom. The van der Waals surface area contributed by atoms with Crippen molar-refractivity contribution < 1.29 is 14.3 Å². The van der Waals surface area contributed by atoms with Crippen LogP contribution in [-0.4, -0.2) is 36.7 Å². The number of aromatic nitrogens is 2. The summed E-state index contributed by atoms with van der Waals surface area (Å²) in [6.45, 7) is 1.49. The van der Waals surface area contributed by atoms with Gasteiger partial charge in [0.15, 0.2) is 0 Å². The topological polar surface area (TPSA) is 73.3 Å². The molecule has 0 aliphatic rings. The molecule has 0 aromatic carbocycles. The molecule has 0 amide bonds. The van der Waals surface area contributed by atoms with E-state index in [2.05, 4.69) is 20.0 Å². The van der Waals surface area contributed by atoms with E-state index in [9.17, 15) is 4.79 Å². The molecule has 1 aromatic heterocycles. The fraction of sp³-hybridized carbons (Fsp3) is 0.444. The lowest BCUT2D eigenvalue weighted by Gasteiger charge is -2.07. The molecule has 88 valence electrons. The van der Waals surface area contributed by atoms with E-state index in [0.717, 1.165) is 0 Å². The highest BCUT2D eigenvalue weighted by Gasteiger charge is 2.09. The third-order valence-electron chi connectivity index (χ3n) is 1.69. The molecule has 1 N–H and O–H groups in total. The molecule has 6 nitrogen and oxygen atoms in total. The summed E-state index contributed by atoms with van der Waals surface area (Å²) in [5.41, 5.74) is -0.524. The molecule has 0 radical (unpaired) electrons. The zero-order chi connectivity index (χ0) is 11.8. The average molecular weight is 246 g/mol. The fourth-order valence-electron chi connectivity index (χ4n) is 0.946. The Hall–Kier alpha value is -1.40. The first-order valence-electron chi connectivity index (χ1n) is 4.56. The van der Waals surface area contributed by atoms with E-state index in [1.54, 1.807) is 7.11 Å². The van der Waals surface area contributed by atoms with Crippen molar-refractivity contribution in [2.24, 2.45) is 0 Å². The molecule has 0 fully saturated rings. The zero-order valence-corrected chi connectivity index (χ0v) is 9.48. The van der Waals surface area contributed by atoms with Gasteiger partial charge in [-0.2, -0.15) is 0 Å². The number of anilines is 1. The standard InChI is InChI=1S/C9H12ClN3O3/c1-15-3-2-11-8-5-12-7(4-13-8)9(10)16-6-14/h4-6,9H,2-3H2,1H3,(H,11,13). The van der Waals surface area contributed by atoms with Gasteiger partial charge >= 0.3 is 0 Å². The molecule has 1 aromatic rings. The molecular weight excluding hydrogens is 234 g/mol. The summed E-state index contributed by atoms with van der Waals surface area (Å²) in [4.78, 5) is 18.1. The SMILES string of the molecule is COCCNc1cnc(C(Cl)OC=O)cn1. The average Bonchev–Trinajstić information content (AvgIpc) is 2.30. The second-order valence-electron chi connectivity index (χ2n) is 2.79. The highest BCUT2D eigenvalue weighted by molar-refractivity contribution is 6.20. The lowest BCUT2D eigenvalue weighted by molar-refractivity contribution is -0.130. The summed E-state index contributed by atoms with van der Waals surface area (Å²) in [6.07, 6.45) is 2.95. The van der Waals surface area contributed by atoms with Crippen LogP contribution >= 0.6 is 11.6 Å². The first-order chi connectivity index (χ1) is 7.77. The minimum atomic E-state index is -0.905. The molecule has 0 aliphatic heterocycles. The summed E-state index contributed by atoms with van der Waals surface area (Å²) >= 11 is 5.69. The molecule has 1 heterocycles. The Bertz CT molecular complexity index is 320. The second kappa shape index (κ2) is 6.97. The van der Waals surface area contributed by atoms with Crippen molar-refractivity contribution in [3.05, 3.63) is 18.1 Å². The Labute approximate surface area is 97.9 Å². The minimum Gasteiger partial charge on any atom is -0.442 e. The van der Waals surface area contributed by atoms with E-state index in [0.29, 0.717) is 24.7 Å². The van der Waals surface area contributed by atoms with Gasteiger partial charge in [-0.1, -0.05) is 11.6 Å². The Kier molecular flexibility index (Phi) is 5.52. The van der Waals surface area contributed by atoms with Gasteiger partial charge in [-0.05, 0) is 0 Å². The quantitative estimate of drug-likeness (QED) is 0.438. The van der Waals surface area contributed by atoms with E-state index >= 15 is 0 Å². The smallest absolute Gasteiger partial charge is 0.294 e. The largest absolute Gasteiger partial charge is 0.442 e. The first-order valence-corrected chi connectivity index (χ1v) is 4.99. The Balaban J connectivity index is 2.50. The highest BCUT2D eigenvalue weighted by Crippen LogP contribution is 2.18. The number of ether oxygens (including phenoxy) is 2. The molecule has 1 atom stereocenters. The fourth-order valence-corrected chi connectivity index (χ4v) is 1.10. The summed E-state index contributed by atoms with van der Waals surface area (Å²) in [5, 5.41) is 2.99. The number of nitrogens with one attached hydrogen (secondary N) is 1. The van der Waals surface area contributed by atoms with Crippen LogP contribution in [0.1, 0.15) is 11.3 Å². The number of hydrogen-bond acceptors (Lipinski definition) is 6. The van der Waals surface area contributed by atoms with E-state index in [4.69, 9.17) is 16.3 Å². The Morgan fingerprint density at radius 1 is 1.56 bits per heavy atom. The normalized spacial score (nSPS) is 11.9. The third kappa shape index (κ3) is 4.00. The van der Waals surface area contributed by atoms with Crippen molar-refractivity contribution in [3.63, 3.8) is 0 Å². The van der Waals surface area contributed by atoms with Gasteiger partial charge in [0, 0.05) is 13.7 Å². The van der Waals surface area contributed by atoms with Gasteiger partial charge in [0.2, 0.25) is 5.56 Å². The number of nitrogens with zero attached hydrogens (tertiary/aromatic N) is 2. The van der Waals surface area contributed by atoms with Crippen LogP contribution in [-0.2, 0) is 14.3 Å². The molecule has 1 unspecified atom stereocenters. The number of methoxy groups -OCH3 is 1. The van der Waals surface area contributed by atoms with Crippen LogP contribution in [0.15, 0.2) is 12.4 Å². The van der Waals surface area contributed by atoms with E-state index in [-0.39, 0.29) is 6.47 Å². The van der Waals surface area contributed by atoms with E-state index < -0.39 is 5.56 Å². The summed E-state index contributed by atoms with van der Waals surface area (Å²) in [5.74, 6) is 0.607. The van der Waals surface area contributed by atoms with E-state index in [1.807, 2.05) is 0 Å². The lowest BCUT2D eigenvalue weighted by atomic mass is 10.4. The number of rotatable bonds is 7. The molecule has 0 bridgehead atoms. The van der Waals surface area contributed by atoms with Gasteiger partial charge in [0.1, 0.15) is 11.5 Å². The second-order valence-corrected chi connectivity index (χ2v) is 3.19. The minimum absolute atomic E-state index is 0.268. The molecule has 0 aliphatic carbocycles. The molecule has 16 heavy (non-hydrogen) atoms. The van der Waals surface area contributed by atoms with Crippen molar-refractivity contribution in [1.29, 1.82) is 0 Å². The number of hydrogen-bond donors (Lipinski definition) is 1. The summed E-state index contributed by atoms with van der Waals surface area (Å²) in [6, 6.07) is 0. The molecular formula is C9H12ClN3O3. The van der Waals surface area contributed by atoms with Crippen molar-refractivity contribution in [1.82, 2.24) is 9.97 Å². The summed E-state index contributed by atoms with van der Waals surface area (Å²) in [7, 11) is 1.62.